The first-order valence-electron chi connectivity index (χ1n) is 6.13. The lowest BCUT2D eigenvalue weighted by atomic mass is 10.1. The molecule has 21 heavy (non-hydrogen) atoms. The molecule has 0 fully saturated rings. The SMILES string of the molecule is COc1ccc(N)c(C(=O)Nc2c(Br)cc(C)cc2Br)c1. The number of halogens is 2. The van der Waals surface area contributed by atoms with E-state index in [1.807, 2.05) is 19.1 Å². The normalized spacial score (nSPS) is 10.3. The lowest BCUT2D eigenvalue weighted by Gasteiger charge is -2.12. The quantitative estimate of drug-likeness (QED) is 0.734. The third-order valence-corrected chi connectivity index (χ3v) is 4.18. The summed E-state index contributed by atoms with van der Waals surface area (Å²) in [6, 6.07) is 8.82. The monoisotopic (exact) mass is 412 g/mol. The summed E-state index contributed by atoms with van der Waals surface area (Å²) in [7, 11) is 1.54. The highest BCUT2D eigenvalue weighted by Gasteiger charge is 2.15. The number of carbonyl (C=O) groups excluding carboxylic acids is 1. The van der Waals surface area contributed by atoms with Crippen molar-refractivity contribution in [3.63, 3.8) is 0 Å². The van der Waals surface area contributed by atoms with Crippen LogP contribution in [-0.2, 0) is 0 Å². The van der Waals surface area contributed by atoms with Crippen molar-refractivity contribution in [1.82, 2.24) is 0 Å². The van der Waals surface area contributed by atoms with Crippen LogP contribution in [0.4, 0.5) is 11.4 Å². The average Bonchev–Trinajstić information content (AvgIpc) is 2.43. The summed E-state index contributed by atoms with van der Waals surface area (Å²) in [5.41, 5.74) is 8.36. The maximum atomic E-state index is 12.4. The zero-order valence-corrected chi connectivity index (χ0v) is 14.7. The van der Waals surface area contributed by atoms with Gasteiger partial charge in [0, 0.05) is 14.6 Å². The molecule has 0 saturated heterocycles. The molecule has 0 aliphatic carbocycles. The van der Waals surface area contributed by atoms with Crippen LogP contribution in [0.3, 0.4) is 0 Å². The fourth-order valence-corrected chi connectivity index (χ4v) is 3.47. The molecule has 2 aromatic carbocycles. The Balaban J connectivity index is 2.35. The number of rotatable bonds is 3. The molecule has 1 amide bonds. The lowest BCUT2D eigenvalue weighted by molar-refractivity contribution is 0.102. The zero-order chi connectivity index (χ0) is 15.6. The van der Waals surface area contributed by atoms with Gasteiger partial charge in [0.2, 0.25) is 0 Å². The van der Waals surface area contributed by atoms with E-state index in [1.165, 1.54) is 0 Å². The third kappa shape index (κ3) is 3.57. The van der Waals surface area contributed by atoms with Crippen molar-refractivity contribution in [2.45, 2.75) is 6.92 Å². The zero-order valence-electron chi connectivity index (χ0n) is 11.5. The van der Waals surface area contributed by atoms with Gasteiger partial charge in [0.25, 0.3) is 5.91 Å². The van der Waals surface area contributed by atoms with Crippen LogP contribution in [0.15, 0.2) is 39.3 Å². The molecule has 2 aromatic rings. The fraction of sp³-hybridized carbons (Fsp3) is 0.133. The maximum Gasteiger partial charge on any atom is 0.257 e. The largest absolute Gasteiger partial charge is 0.497 e. The van der Waals surface area contributed by atoms with Crippen LogP contribution >= 0.6 is 31.9 Å². The molecule has 0 atom stereocenters. The Kier molecular flexibility index (Phi) is 4.90. The maximum absolute atomic E-state index is 12.4. The van der Waals surface area contributed by atoms with Gasteiger partial charge < -0.3 is 15.8 Å². The van der Waals surface area contributed by atoms with E-state index < -0.39 is 0 Å². The van der Waals surface area contributed by atoms with Crippen LogP contribution < -0.4 is 15.8 Å². The summed E-state index contributed by atoms with van der Waals surface area (Å²) < 4.78 is 6.71. The Hall–Kier alpha value is -1.53. The summed E-state index contributed by atoms with van der Waals surface area (Å²) >= 11 is 6.89. The molecule has 0 spiro atoms. The molecular formula is C15H14Br2N2O2. The summed E-state index contributed by atoms with van der Waals surface area (Å²) in [5, 5.41) is 2.85. The lowest BCUT2D eigenvalue weighted by Crippen LogP contribution is -2.15. The number of carbonyl (C=O) groups is 1. The van der Waals surface area contributed by atoms with Crippen molar-refractivity contribution < 1.29 is 9.53 Å². The highest BCUT2D eigenvalue weighted by atomic mass is 79.9. The van der Waals surface area contributed by atoms with Crippen molar-refractivity contribution in [2.75, 3.05) is 18.2 Å². The molecule has 110 valence electrons. The number of benzene rings is 2. The molecule has 0 aliphatic heterocycles. The van der Waals surface area contributed by atoms with Gasteiger partial charge >= 0.3 is 0 Å². The van der Waals surface area contributed by atoms with E-state index in [0.29, 0.717) is 22.7 Å². The van der Waals surface area contributed by atoms with E-state index >= 15 is 0 Å². The second-order valence-corrected chi connectivity index (χ2v) is 6.22. The van der Waals surface area contributed by atoms with Gasteiger partial charge in [0.15, 0.2) is 0 Å². The van der Waals surface area contributed by atoms with Gasteiger partial charge in [-0.1, -0.05) is 0 Å². The number of hydrogen-bond acceptors (Lipinski definition) is 3. The van der Waals surface area contributed by atoms with Gasteiger partial charge in [0.05, 0.1) is 18.4 Å². The molecule has 4 nitrogen and oxygen atoms in total. The molecule has 2 rings (SSSR count). The Labute approximate surface area is 139 Å². The Morgan fingerprint density at radius 3 is 2.38 bits per heavy atom. The van der Waals surface area contributed by atoms with E-state index in [4.69, 9.17) is 10.5 Å². The first kappa shape index (κ1) is 15.9. The van der Waals surface area contributed by atoms with Gasteiger partial charge in [-0.05, 0) is 74.7 Å². The van der Waals surface area contributed by atoms with Crippen molar-refractivity contribution >= 4 is 49.1 Å². The van der Waals surface area contributed by atoms with Gasteiger partial charge in [-0.15, -0.1) is 0 Å². The molecule has 0 radical (unpaired) electrons. The Bertz CT molecular complexity index is 679. The Morgan fingerprint density at radius 2 is 1.81 bits per heavy atom. The van der Waals surface area contributed by atoms with E-state index in [-0.39, 0.29) is 5.91 Å². The van der Waals surface area contributed by atoms with E-state index in [2.05, 4.69) is 37.2 Å². The molecule has 0 saturated carbocycles. The minimum absolute atomic E-state index is 0.295. The molecule has 0 aliphatic rings. The topological polar surface area (TPSA) is 64.3 Å². The number of amides is 1. The first-order valence-corrected chi connectivity index (χ1v) is 7.71. The summed E-state index contributed by atoms with van der Waals surface area (Å²) in [4.78, 5) is 12.4. The van der Waals surface area contributed by atoms with Crippen LogP contribution in [0, 0.1) is 6.92 Å². The molecule has 0 unspecified atom stereocenters. The third-order valence-electron chi connectivity index (χ3n) is 2.93. The van der Waals surface area contributed by atoms with E-state index in [0.717, 1.165) is 14.5 Å². The van der Waals surface area contributed by atoms with E-state index in [1.54, 1.807) is 25.3 Å². The second-order valence-electron chi connectivity index (χ2n) is 4.51. The number of nitrogens with one attached hydrogen (secondary N) is 1. The van der Waals surface area contributed by atoms with Crippen LogP contribution in [0.2, 0.25) is 0 Å². The van der Waals surface area contributed by atoms with Gasteiger partial charge in [-0.2, -0.15) is 0 Å². The van der Waals surface area contributed by atoms with Crippen LogP contribution in [0.1, 0.15) is 15.9 Å². The van der Waals surface area contributed by atoms with Gasteiger partial charge in [0.1, 0.15) is 5.75 Å². The summed E-state index contributed by atoms with van der Waals surface area (Å²) in [6.45, 7) is 1.97. The van der Waals surface area contributed by atoms with Crippen LogP contribution in [0.5, 0.6) is 5.75 Å². The Morgan fingerprint density at radius 1 is 1.19 bits per heavy atom. The molecule has 0 aromatic heterocycles. The number of anilines is 2. The number of nitrogens with two attached hydrogens (primary N) is 1. The smallest absolute Gasteiger partial charge is 0.257 e. The summed E-state index contributed by atoms with van der Waals surface area (Å²) in [5.74, 6) is 0.285. The summed E-state index contributed by atoms with van der Waals surface area (Å²) in [6.07, 6.45) is 0. The van der Waals surface area contributed by atoms with Crippen LogP contribution in [-0.4, -0.2) is 13.0 Å². The molecule has 6 heteroatoms. The van der Waals surface area contributed by atoms with Crippen molar-refractivity contribution in [1.29, 1.82) is 0 Å². The number of nitrogen functional groups attached to an aromatic ring is 1. The molecule has 0 heterocycles. The highest BCUT2D eigenvalue weighted by Crippen LogP contribution is 2.33. The second kappa shape index (κ2) is 6.49. The standard InChI is InChI=1S/C15H14Br2N2O2/c1-8-5-11(16)14(12(17)6-8)19-15(20)10-7-9(21-2)3-4-13(10)18/h3-7H,18H2,1-2H3,(H,19,20). The minimum atomic E-state index is -0.295. The number of methoxy groups -OCH3 is 1. The average molecular weight is 414 g/mol. The number of aryl methyl sites for hydroxylation is 1. The predicted octanol–water partition coefficient (Wildman–Crippen LogP) is 4.36. The highest BCUT2D eigenvalue weighted by molar-refractivity contribution is 9.11. The van der Waals surface area contributed by atoms with E-state index in [9.17, 15) is 4.79 Å². The predicted molar refractivity (Wildman–Crippen MR) is 91.9 cm³/mol. The van der Waals surface area contributed by atoms with Gasteiger partial charge in [-0.3, -0.25) is 4.79 Å². The minimum Gasteiger partial charge on any atom is -0.497 e. The molecule has 0 bridgehead atoms. The van der Waals surface area contributed by atoms with Crippen molar-refractivity contribution in [3.05, 3.63) is 50.4 Å². The molecule has 3 N–H and O–H groups in total. The number of hydrogen-bond donors (Lipinski definition) is 2. The fourth-order valence-electron chi connectivity index (χ4n) is 1.86. The van der Waals surface area contributed by atoms with Crippen molar-refractivity contribution in [3.8, 4) is 5.75 Å². The van der Waals surface area contributed by atoms with Crippen LogP contribution in [0.25, 0.3) is 0 Å². The first-order chi connectivity index (χ1) is 9.92. The van der Waals surface area contributed by atoms with Gasteiger partial charge in [-0.25, -0.2) is 0 Å². The number of ether oxygens (including phenoxy) is 1. The van der Waals surface area contributed by atoms with Crippen molar-refractivity contribution in [2.24, 2.45) is 0 Å². The molecular weight excluding hydrogens is 400 g/mol.